The van der Waals surface area contributed by atoms with Crippen LogP contribution in [0.1, 0.15) is 36.6 Å². The predicted molar refractivity (Wildman–Crippen MR) is 61.6 cm³/mol. The minimum atomic E-state index is 0.115. The zero-order valence-corrected chi connectivity index (χ0v) is 9.28. The molecular weight excluding hydrogens is 200 g/mol. The molecule has 0 saturated carbocycles. The Morgan fingerprint density at radius 1 is 1.25 bits per heavy atom. The summed E-state index contributed by atoms with van der Waals surface area (Å²) in [6.07, 6.45) is 3.00. The van der Waals surface area contributed by atoms with Crippen molar-refractivity contribution in [1.29, 1.82) is 0 Å². The lowest BCUT2D eigenvalue weighted by atomic mass is 10.1. The van der Waals surface area contributed by atoms with Crippen molar-refractivity contribution in [1.82, 2.24) is 10.2 Å². The van der Waals surface area contributed by atoms with Gasteiger partial charge in [0, 0.05) is 19.5 Å². The number of rotatable bonds is 1. The molecular formula is C13H16N2O. The summed E-state index contributed by atoms with van der Waals surface area (Å²) in [5.41, 5.74) is 2.60. The number of likely N-dealkylation sites (tertiary alicyclic amines) is 1. The lowest BCUT2D eigenvalue weighted by Crippen LogP contribution is -2.42. The third-order valence-corrected chi connectivity index (χ3v) is 3.51. The Bertz CT molecular complexity index is 416. The van der Waals surface area contributed by atoms with Crippen LogP contribution < -0.4 is 5.32 Å². The first kappa shape index (κ1) is 9.85. The maximum atomic E-state index is 11.9. The molecule has 1 aromatic carbocycles. The largest absolute Gasteiger partial charge is 0.323 e. The van der Waals surface area contributed by atoms with Crippen molar-refractivity contribution in [2.24, 2.45) is 0 Å². The molecule has 3 heteroatoms. The van der Waals surface area contributed by atoms with Crippen molar-refractivity contribution < 1.29 is 4.79 Å². The lowest BCUT2D eigenvalue weighted by molar-refractivity contribution is -0.136. The molecule has 2 aliphatic heterocycles. The van der Waals surface area contributed by atoms with Crippen LogP contribution in [0.3, 0.4) is 0 Å². The van der Waals surface area contributed by atoms with Gasteiger partial charge in [-0.2, -0.15) is 0 Å². The number of hydrogen-bond donors (Lipinski definition) is 1. The molecule has 0 radical (unpaired) electrons. The van der Waals surface area contributed by atoms with Gasteiger partial charge in [0.1, 0.15) is 6.17 Å². The number of benzene rings is 1. The van der Waals surface area contributed by atoms with E-state index in [0.717, 1.165) is 25.9 Å². The lowest BCUT2D eigenvalue weighted by Gasteiger charge is -2.32. The van der Waals surface area contributed by atoms with Crippen LogP contribution in [-0.4, -0.2) is 17.4 Å². The normalized spacial score (nSPS) is 24.6. The average Bonchev–Trinajstić information content (AvgIpc) is 2.74. The molecule has 2 aliphatic rings. The van der Waals surface area contributed by atoms with Crippen molar-refractivity contribution in [2.75, 3.05) is 6.54 Å². The quantitative estimate of drug-likeness (QED) is 0.776. The highest BCUT2D eigenvalue weighted by atomic mass is 16.2. The molecule has 0 spiro atoms. The predicted octanol–water partition coefficient (Wildman–Crippen LogP) is 1.80. The zero-order valence-electron chi connectivity index (χ0n) is 9.28. The van der Waals surface area contributed by atoms with E-state index < -0.39 is 0 Å². The van der Waals surface area contributed by atoms with E-state index in [2.05, 4.69) is 23.5 Å². The topological polar surface area (TPSA) is 32.3 Å². The molecule has 1 aromatic rings. The summed E-state index contributed by atoms with van der Waals surface area (Å²) in [6.45, 7) is 1.77. The van der Waals surface area contributed by atoms with E-state index in [4.69, 9.17) is 0 Å². The van der Waals surface area contributed by atoms with Crippen molar-refractivity contribution in [3.8, 4) is 0 Å². The first-order valence-electron chi connectivity index (χ1n) is 5.97. The Morgan fingerprint density at radius 3 is 3.00 bits per heavy atom. The molecule has 1 unspecified atom stereocenters. The summed E-state index contributed by atoms with van der Waals surface area (Å²) < 4.78 is 0. The van der Waals surface area contributed by atoms with Gasteiger partial charge in [-0.05, 0) is 24.0 Å². The molecule has 0 aromatic heterocycles. The maximum absolute atomic E-state index is 11.9. The number of nitrogens with zero attached hydrogens (tertiary/aromatic N) is 1. The van der Waals surface area contributed by atoms with Crippen molar-refractivity contribution in [3.63, 3.8) is 0 Å². The monoisotopic (exact) mass is 216 g/mol. The van der Waals surface area contributed by atoms with Crippen LogP contribution in [0.5, 0.6) is 0 Å². The Balaban J connectivity index is 1.89. The van der Waals surface area contributed by atoms with Gasteiger partial charge in [-0.25, -0.2) is 0 Å². The number of carbonyl (C=O) groups excluding carboxylic acids is 1. The van der Waals surface area contributed by atoms with Gasteiger partial charge in [-0.15, -0.1) is 0 Å². The van der Waals surface area contributed by atoms with Crippen molar-refractivity contribution in [3.05, 3.63) is 35.4 Å². The van der Waals surface area contributed by atoms with Crippen LogP contribution in [0.4, 0.5) is 0 Å². The van der Waals surface area contributed by atoms with Crippen LogP contribution in [0.2, 0.25) is 0 Å². The van der Waals surface area contributed by atoms with Gasteiger partial charge in [-0.1, -0.05) is 24.3 Å². The minimum Gasteiger partial charge on any atom is -0.323 e. The van der Waals surface area contributed by atoms with Crippen LogP contribution in [-0.2, 0) is 11.3 Å². The second-order valence-electron chi connectivity index (χ2n) is 4.53. The van der Waals surface area contributed by atoms with Gasteiger partial charge in [0.25, 0.3) is 0 Å². The smallest absolute Gasteiger partial charge is 0.224 e. The van der Waals surface area contributed by atoms with Gasteiger partial charge >= 0.3 is 0 Å². The number of nitrogens with one attached hydrogen (secondary N) is 1. The Hall–Kier alpha value is -1.35. The number of amides is 1. The van der Waals surface area contributed by atoms with E-state index in [9.17, 15) is 4.79 Å². The van der Waals surface area contributed by atoms with Gasteiger partial charge in [0.2, 0.25) is 5.91 Å². The summed E-state index contributed by atoms with van der Waals surface area (Å²) in [5.74, 6) is 0.292. The minimum absolute atomic E-state index is 0.115. The van der Waals surface area contributed by atoms with Crippen molar-refractivity contribution in [2.45, 2.75) is 32.0 Å². The third kappa shape index (κ3) is 1.52. The first-order valence-corrected chi connectivity index (χ1v) is 5.97. The van der Waals surface area contributed by atoms with Crippen molar-refractivity contribution >= 4 is 5.91 Å². The molecule has 1 saturated heterocycles. The highest BCUT2D eigenvalue weighted by molar-refractivity contribution is 5.77. The average molecular weight is 216 g/mol. The van der Waals surface area contributed by atoms with E-state index in [1.165, 1.54) is 11.1 Å². The second-order valence-corrected chi connectivity index (χ2v) is 4.53. The Morgan fingerprint density at radius 2 is 2.12 bits per heavy atom. The summed E-state index contributed by atoms with van der Waals surface area (Å²) in [7, 11) is 0. The summed E-state index contributed by atoms with van der Waals surface area (Å²) in [6, 6.07) is 8.37. The van der Waals surface area contributed by atoms with Crippen LogP contribution in [0.15, 0.2) is 24.3 Å². The van der Waals surface area contributed by atoms with Gasteiger partial charge < -0.3 is 4.90 Å². The third-order valence-electron chi connectivity index (χ3n) is 3.51. The molecule has 1 atom stereocenters. The van der Waals surface area contributed by atoms with Crippen LogP contribution >= 0.6 is 0 Å². The fourth-order valence-corrected chi connectivity index (χ4v) is 2.66. The second kappa shape index (κ2) is 3.91. The SMILES string of the molecule is O=C1CCCCN1C1NCc2ccccc21. The zero-order chi connectivity index (χ0) is 11.0. The van der Waals surface area contributed by atoms with Crippen LogP contribution in [0.25, 0.3) is 0 Å². The molecule has 16 heavy (non-hydrogen) atoms. The number of carbonyl (C=O) groups is 1. The molecule has 2 heterocycles. The molecule has 1 fully saturated rings. The molecule has 84 valence electrons. The van der Waals surface area contributed by atoms with E-state index in [1.54, 1.807) is 0 Å². The standard InChI is InChI=1S/C13H16N2O/c16-12-7-3-4-8-15(12)13-11-6-2-1-5-10(11)9-14-13/h1-2,5-6,13-14H,3-4,7-9H2. The maximum Gasteiger partial charge on any atom is 0.224 e. The molecule has 1 amide bonds. The number of fused-ring (bicyclic) bond motifs is 1. The highest BCUT2D eigenvalue weighted by Gasteiger charge is 2.31. The van der Waals surface area contributed by atoms with Gasteiger partial charge in [0.05, 0.1) is 0 Å². The number of piperidine rings is 1. The number of hydrogen-bond acceptors (Lipinski definition) is 2. The Labute approximate surface area is 95.4 Å². The summed E-state index contributed by atoms with van der Waals surface area (Å²) in [5, 5.41) is 3.43. The van der Waals surface area contributed by atoms with E-state index in [-0.39, 0.29) is 6.17 Å². The fraction of sp³-hybridized carbons (Fsp3) is 0.462. The molecule has 3 rings (SSSR count). The molecule has 3 nitrogen and oxygen atoms in total. The van der Waals surface area contributed by atoms with Crippen LogP contribution in [0, 0.1) is 0 Å². The summed E-state index contributed by atoms with van der Waals surface area (Å²) in [4.78, 5) is 13.9. The highest BCUT2D eigenvalue weighted by Crippen LogP contribution is 2.30. The Kier molecular flexibility index (Phi) is 2.40. The summed E-state index contributed by atoms with van der Waals surface area (Å²) >= 11 is 0. The van der Waals surface area contributed by atoms with E-state index >= 15 is 0 Å². The van der Waals surface area contributed by atoms with E-state index in [1.807, 2.05) is 11.0 Å². The fourth-order valence-electron chi connectivity index (χ4n) is 2.66. The first-order chi connectivity index (χ1) is 7.86. The van der Waals surface area contributed by atoms with Gasteiger partial charge in [-0.3, -0.25) is 10.1 Å². The molecule has 0 aliphatic carbocycles. The molecule has 1 N–H and O–H groups in total. The van der Waals surface area contributed by atoms with Gasteiger partial charge in [0.15, 0.2) is 0 Å². The molecule has 0 bridgehead atoms. The van der Waals surface area contributed by atoms with E-state index in [0.29, 0.717) is 12.3 Å².